The molecule has 6 heteroatoms. The highest BCUT2D eigenvalue weighted by Gasteiger charge is 2.23. The summed E-state index contributed by atoms with van der Waals surface area (Å²) in [5, 5.41) is 5.00. The minimum atomic E-state index is -0.413. The van der Waals surface area contributed by atoms with Crippen molar-refractivity contribution in [3.8, 4) is 11.4 Å². The molecule has 2 heterocycles. The number of aromatic nitrogens is 4. The van der Waals surface area contributed by atoms with Gasteiger partial charge in [0, 0.05) is 11.8 Å². The van der Waals surface area contributed by atoms with Crippen LogP contribution >= 0.6 is 11.8 Å². The Balaban J connectivity index is 2.15. The van der Waals surface area contributed by atoms with E-state index >= 15 is 0 Å². The Morgan fingerprint density at radius 2 is 2.17 bits per heavy atom. The molecule has 0 saturated carbocycles. The molecule has 0 bridgehead atoms. The molecule has 18 heavy (non-hydrogen) atoms. The van der Waals surface area contributed by atoms with E-state index in [2.05, 4.69) is 15.1 Å². The third kappa shape index (κ3) is 1.80. The first-order valence-corrected chi connectivity index (χ1v) is 7.07. The summed E-state index contributed by atoms with van der Waals surface area (Å²) in [5.74, 6) is 0. The summed E-state index contributed by atoms with van der Waals surface area (Å²) in [6.07, 6.45) is 7.51. The van der Waals surface area contributed by atoms with Gasteiger partial charge in [-0.1, -0.05) is 11.8 Å². The van der Waals surface area contributed by atoms with E-state index in [1.807, 2.05) is 18.6 Å². The van der Waals surface area contributed by atoms with Gasteiger partial charge in [-0.05, 0) is 24.7 Å². The standard InChI is InChI=1S/C12H13FN4S/c1-18-12-14-6-8-2-3-9-7-15-17(5-4-13)11(9)10(8)16-12/h6-7H,2-5H2,1H3. The zero-order valence-electron chi connectivity index (χ0n) is 10.1. The molecule has 0 spiro atoms. The third-order valence-corrected chi connectivity index (χ3v) is 3.69. The zero-order valence-corrected chi connectivity index (χ0v) is 10.9. The molecule has 0 N–H and O–H groups in total. The van der Waals surface area contributed by atoms with E-state index in [-0.39, 0.29) is 6.54 Å². The first kappa shape index (κ1) is 11.6. The van der Waals surface area contributed by atoms with Gasteiger partial charge in [-0.15, -0.1) is 0 Å². The second-order valence-corrected chi connectivity index (χ2v) is 4.93. The van der Waals surface area contributed by atoms with E-state index in [1.54, 1.807) is 4.68 Å². The van der Waals surface area contributed by atoms with Crippen molar-refractivity contribution >= 4 is 11.8 Å². The van der Waals surface area contributed by atoms with Crippen molar-refractivity contribution < 1.29 is 4.39 Å². The van der Waals surface area contributed by atoms with E-state index in [0.29, 0.717) is 0 Å². The molecule has 0 saturated heterocycles. The van der Waals surface area contributed by atoms with Gasteiger partial charge < -0.3 is 0 Å². The lowest BCUT2D eigenvalue weighted by atomic mass is 9.95. The molecular formula is C12H13FN4S. The van der Waals surface area contributed by atoms with Crippen LogP contribution in [0.2, 0.25) is 0 Å². The lowest BCUT2D eigenvalue weighted by molar-refractivity contribution is 0.428. The Labute approximate surface area is 109 Å². The Hall–Kier alpha value is -1.43. The van der Waals surface area contributed by atoms with Crippen LogP contribution in [0.25, 0.3) is 11.4 Å². The fourth-order valence-corrected chi connectivity index (χ4v) is 2.62. The van der Waals surface area contributed by atoms with Gasteiger partial charge in [0.1, 0.15) is 6.67 Å². The smallest absolute Gasteiger partial charge is 0.187 e. The van der Waals surface area contributed by atoms with Gasteiger partial charge in [0.05, 0.1) is 24.1 Å². The number of fused-ring (bicyclic) bond motifs is 3. The van der Waals surface area contributed by atoms with E-state index in [4.69, 9.17) is 0 Å². The molecule has 0 aliphatic heterocycles. The minimum Gasteiger partial charge on any atom is -0.260 e. The summed E-state index contributed by atoms with van der Waals surface area (Å²) in [7, 11) is 0. The molecule has 0 unspecified atom stereocenters. The minimum absolute atomic E-state index is 0.285. The van der Waals surface area contributed by atoms with Crippen LogP contribution in [0, 0.1) is 0 Å². The van der Waals surface area contributed by atoms with Crippen LogP contribution in [-0.4, -0.2) is 32.7 Å². The molecule has 0 atom stereocenters. The first-order chi connectivity index (χ1) is 8.83. The fraction of sp³-hybridized carbons (Fsp3) is 0.417. The van der Waals surface area contributed by atoms with Crippen LogP contribution in [0.3, 0.4) is 0 Å². The van der Waals surface area contributed by atoms with Gasteiger partial charge >= 0.3 is 0 Å². The van der Waals surface area contributed by atoms with Gasteiger partial charge in [-0.3, -0.25) is 4.68 Å². The Kier molecular flexibility index (Phi) is 3.03. The molecule has 2 aromatic heterocycles. The average Bonchev–Trinajstić information content (AvgIpc) is 2.82. The van der Waals surface area contributed by atoms with Crippen molar-refractivity contribution in [1.29, 1.82) is 0 Å². The van der Waals surface area contributed by atoms with Crippen molar-refractivity contribution in [2.24, 2.45) is 0 Å². The normalized spacial score (nSPS) is 13.2. The molecular weight excluding hydrogens is 251 g/mol. The van der Waals surface area contributed by atoms with Gasteiger partial charge in [-0.25, -0.2) is 14.4 Å². The Morgan fingerprint density at radius 3 is 2.94 bits per heavy atom. The van der Waals surface area contributed by atoms with Crippen molar-refractivity contribution in [3.63, 3.8) is 0 Å². The van der Waals surface area contributed by atoms with E-state index in [0.717, 1.165) is 40.5 Å². The maximum absolute atomic E-state index is 12.6. The summed E-state index contributed by atoms with van der Waals surface area (Å²) in [4.78, 5) is 8.85. The van der Waals surface area contributed by atoms with Crippen LogP contribution < -0.4 is 0 Å². The molecule has 1 aliphatic rings. The first-order valence-electron chi connectivity index (χ1n) is 5.84. The largest absolute Gasteiger partial charge is 0.260 e. The quantitative estimate of drug-likeness (QED) is 0.629. The average molecular weight is 264 g/mol. The summed E-state index contributed by atoms with van der Waals surface area (Å²) in [6.45, 7) is -0.128. The van der Waals surface area contributed by atoms with Crippen LogP contribution in [-0.2, 0) is 19.4 Å². The molecule has 0 fully saturated rings. The van der Waals surface area contributed by atoms with Gasteiger partial charge in [-0.2, -0.15) is 5.10 Å². The highest BCUT2D eigenvalue weighted by atomic mass is 32.2. The topological polar surface area (TPSA) is 43.6 Å². The highest BCUT2D eigenvalue weighted by Crippen LogP contribution is 2.32. The third-order valence-electron chi connectivity index (χ3n) is 3.12. The second-order valence-electron chi connectivity index (χ2n) is 4.16. The zero-order chi connectivity index (χ0) is 12.5. The number of nitrogens with zero attached hydrogens (tertiary/aromatic N) is 4. The number of hydrogen-bond donors (Lipinski definition) is 0. The van der Waals surface area contributed by atoms with Gasteiger partial charge in [0.15, 0.2) is 5.16 Å². The summed E-state index contributed by atoms with van der Waals surface area (Å²) < 4.78 is 14.3. The van der Waals surface area contributed by atoms with Crippen molar-refractivity contribution in [1.82, 2.24) is 19.7 Å². The Morgan fingerprint density at radius 1 is 1.33 bits per heavy atom. The van der Waals surface area contributed by atoms with Crippen LogP contribution in [0.1, 0.15) is 11.1 Å². The summed E-state index contributed by atoms with van der Waals surface area (Å²) in [5.41, 5.74) is 4.16. The molecule has 1 aliphatic carbocycles. The maximum atomic E-state index is 12.6. The molecule has 0 aromatic carbocycles. The lowest BCUT2D eigenvalue weighted by Crippen LogP contribution is -2.11. The molecule has 94 valence electrons. The molecule has 4 nitrogen and oxygen atoms in total. The summed E-state index contributed by atoms with van der Waals surface area (Å²) in [6, 6.07) is 0. The second kappa shape index (κ2) is 4.68. The fourth-order valence-electron chi connectivity index (χ4n) is 2.28. The molecule has 0 amide bonds. The molecule has 2 aromatic rings. The summed E-state index contributed by atoms with van der Waals surface area (Å²) >= 11 is 1.51. The lowest BCUT2D eigenvalue weighted by Gasteiger charge is -2.17. The van der Waals surface area contributed by atoms with Crippen molar-refractivity contribution in [3.05, 3.63) is 23.5 Å². The van der Waals surface area contributed by atoms with E-state index in [1.165, 1.54) is 11.8 Å². The van der Waals surface area contributed by atoms with E-state index < -0.39 is 6.67 Å². The van der Waals surface area contributed by atoms with Crippen LogP contribution in [0.4, 0.5) is 4.39 Å². The van der Waals surface area contributed by atoms with E-state index in [9.17, 15) is 4.39 Å². The van der Waals surface area contributed by atoms with Crippen molar-refractivity contribution in [2.45, 2.75) is 24.5 Å². The van der Waals surface area contributed by atoms with Crippen molar-refractivity contribution in [2.75, 3.05) is 12.9 Å². The van der Waals surface area contributed by atoms with Crippen LogP contribution in [0.15, 0.2) is 17.6 Å². The highest BCUT2D eigenvalue weighted by molar-refractivity contribution is 7.98. The number of aryl methyl sites for hydroxylation is 3. The van der Waals surface area contributed by atoms with Crippen LogP contribution in [0.5, 0.6) is 0 Å². The predicted molar refractivity (Wildman–Crippen MR) is 68.4 cm³/mol. The molecule has 0 radical (unpaired) electrons. The maximum Gasteiger partial charge on any atom is 0.187 e. The monoisotopic (exact) mass is 264 g/mol. The predicted octanol–water partition coefficient (Wildman–Crippen LogP) is 2.13. The number of alkyl halides is 1. The number of halogens is 1. The number of hydrogen-bond acceptors (Lipinski definition) is 4. The number of thioether (sulfide) groups is 1. The SMILES string of the molecule is CSc1ncc2c(n1)-c1c(cnn1CCF)CC2. The van der Waals surface area contributed by atoms with Gasteiger partial charge in [0.2, 0.25) is 0 Å². The molecule has 3 rings (SSSR count). The Bertz CT molecular complexity index is 581. The van der Waals surface area contributed by atoms with Gasteiger partial charge in [0.25, 0.3) is 0 Å². The number of rotatable bonds is 3.